The van der Waals surface area contributed by atoms with Crippen molar-refractivity contribution in [1.82, 2.24) is 9.88 Å². The Morgan fingerprint density at radius 2 is 2.00 bits per heavy atom. The second-order valence-corrected chi connectivity index (χ2v) is 10.1. The largest absolute Gasteiger partial charge is 0.342 e. The Hall–Kier alpha value is -2.54. The smallest absolute Gasteiger partial charge is 0.231 e. The van der Waals surface area contributed by atoms with E-state index in [1.807, 2.05) is 30.3 Å². The molecular weight excluding hydrogens is 398 g/mol. The van der Waals surface area contributed by atoms with Crippen molar-refractivity contribution in [2.45, 2.75) is 46.0 Å². The van der Waals surface area contributed by atoms with Gasteiger partial charge in [0.1, 0.15) is 0 Å². The lowest BCUT2D eigenvalue weighted by atomic mass is 9.78. The maximum Gasteiger partial charge on any atom is 0.231 e. The summed E-state index contributed by atoms with van der Waals surface area (Å²) >= 11 is 1.27. The van der Waals surface area contributed by atoms with Gasteiger partial charge in [0, 0.05) is 19.5 Å². The van der Waals surface area contributed by atoms with E-state index in [2.05, 4.69) is 24.1 Å². The number of fused-ring (bicyclic) bond motifs is 1. The molecule has 0 bridgehead atoms. The van der Waals surface area contributed by atoms with Gasteiger partial charge in [-0.25, -0.2) is 4.98 Å². The summed E-state index contributed by atoms with van der Waals surface area (Å²) in [7, 11) is 0. The van der Waals surface area contributed by atoms with Crippen LogP contribution in [-0.4, -0.2) is 40.6 Å². The minimum Gasteiger partial charge on any atom is -0.342 e. The Balaban J connectivity index is 1.38. The van der Waals surface area contributed by atoms with Gasteiger partial charge in [0.25, 0.3) is 0 Å². The number of nitrogens with one attached hydrogen (secondary N) is 1. The molecule has 6 nitrogen and oxygen atoms in total. The van der Waals surface area contributed by atoms with Gasteiger partial charge in [-0.15, -0.1) is 0 Å². The second kappa shape index (κ2) is 8.30. The number of rotatable bonds is 4. The number of hydrogen-bond donors (Lipinski definition) is 1. The molecule has 1 N–H and O–H groups in total. The maximum absolute atomic E-state index is 12.8. The van der Waals surface area contributed by atoms with Gasteiger partial charge in [-0.3, -0.25) is 14.4 Å². The molecule has 1 fully saturated rings. The lowest BCUT2D eigenvalue weighted by Crippen LogP contribution is -2.44. The summed E-state index contributed by atoms with van der Waals surface area (Å²) in [5.41, 5.74) is 1.68. The third-order valence-electron chi connectivity index (χ3n) is 5.81. The Labute approximate surface area is 180 Å². The number of anilines is 1. The van der Waals surface area contributed by atoms with E-state index in [4.69, 9.17) is 0 Å². The van der Waals surface area contributed by atoms with Crippen molar-refractivity contribution in [2.75, 3.05) is 18.4 Å². The fraction of sp³-hybridized carbons (Fsp3) is 0.478. The predicted molar refractivity (Wildman–Crippen MR) is 117 cm³/mol. The molecule has 1 aromatic carbocycles. The Morgan fingerprint density at radius 1 is 1.23 bits per heavy atom. The van der Waals surface area contributed by atoms with Crippen molar-refractivity contribution < 1.29 is 14.4 Å². The number of piperidine rings is 1. The summed E-state index contributed by atoms with van der Waals surface area (Å²) in [6.07, 6.45) is 3.16. The van der Waals surface area contributed by atoms with Crippen LogP contribution in [0, 0.1) is 11.3 Å². The first-order chi connectivity index (χ1) is 14.3. The molecule has 1 aromatic heterocycles. The molecule has 1 aliphatic heterocycles. The minimum atomic E-state index is -0.258. The van der Waals surface area contributed by atoms with Gasteiger partial charge < -0.3 is 10.2 Å². The summed E-state index contributed by atoms with van der Waals surface area (Å²) in [5, 5.41) is 3.39. The zero-order valence-corrected chi connectivity index (χ0v) is 18.3. The van der Waals surface area contributed by atoms with E-state index in [1.54, 1.807) is 4.90 Å². The van der Waals surface area contributed by atoms with Crippen molar-refractivity contribution >= 4 is 34.1 Å². The number of likely N-dealkylation sites (tertiary alicyclic amines) is 1. The highest BCUT2D eigenvalue weighted by atomic mass is 32.1. The van der Waals surface area contributed by atoms with Crippen LogP contribution < -0.4 is 5.32 Å². The molecule has 1 atom stereocenters. The molecule has 1 aliphatic carbocycles. The molecule has 0 radical (unpaired) electrons. The molecule has 0 spiro atoms. The molecule has 0 unspecified atom stereocenters. The molecule has 0 saturated carbocycles. The van der Waals surface area contributed by atoms with Crippen molar-refractivity contribution in [3.8, 4) is 0 Å². The molecule has 2 amide bonds. The SMILES string of the molecule is CC1(C)CC(=O)c2sc(NC(=O)[C@@H]3CCCN(C(=O)Cc4ccccc4)C3)nc2C1. The monoisotopic (exact) mass is 425 g/mol. The van der Waals surface area contributed by atoms with Crippen LogP contribution in [0.15, 0.2) is 30.3 Å². The third kappa shape index (κ3) is 4.61. The summed E-state index contributed by atoms with van der Waals surface area (Å²) in [4.78, 5) is 44.9. The molecule has 158 valence electrons. The topological polar surface area (TPSA) is 79.4 Å². The van der Waals surface area contributed by atoms with E-state index >= 15 is 0 Å². The van der Waals surface area contributed by atoms with Gasteiger partial charge in [-0.1, -0.05) is 55.5 Å². The van der Waals surface area contributed by atoms with Crippen molar-refractivity contribution in [1.29, 1.82) is 0 Å². The molecular formula is C23H27N3O3S. The van der Waals surface area contributed by atoms with Crippen LogP contribution in [0.5, 0.6) is 0 Å². The standard InChI is InChI=1S/C23H27N3O3S/c1-23(2)12-17-20(18(27)13-23)30-22(24-17)25-21(29)16-9-6-10-26(14-16)19(28)11-15-7-4-3-5-8-15/h3-5,7-8,16H,6,9-14H2,1-2H3,(H,24,25,29)/t16-/m1/s1. The van der Waals surface area contributed by atoms with E-state index < -0.39 is 0 Å². The Kier molecular flexibility index (Phi) is 5.73. The van der Waals surface area contributed by atoms with Crippen LogP contribution in [0.2, 0.25) is 0 Å². The van der Waals surface area contributed by atoms with Gasteiger partial charge in [-0.2, -0.15) is 0 Å². The highest BCUT2D eigenvalue weighted by Crippen LogP contribution is 2.38. The number of carbonyl (C=O) groups excluding carboxylic acids is 3. The van der Waals surface area contributed by atoms with Gasteiger partial charge in [0.05, 0.1) is 22.9 Å². The molecule has 7 heteroatoms. The number of nitrogens with zero attached hydrogens (tertiary/aromatic N) is 2. The van der Waals surface area contributed by atoms with Crippen LogP contribution >= 0.6 is 11.3 Å². The van der Waals surface area contributed by atoms with E-state index in [0.717, 1.165) is 30.5 Å². The van der Waals surface area contributed by atoms with Gasteiger partial charge in [0.15, 0.2) is 10.9 Å². The van der Waals surface area contributed by atoms with Crippen LogP contribution in [0.25, 0.3) is 0 Å². The van der Waals surface area contributed by atoms with E-state index in [1.165, 1.54) is 11.3 Å². The molecule has 2 heterocycles. The zero-order valence-electron chi connectivity index (χ0n) is 17.4. The zero-order chi connectivity index (χ0) is 21.3. The van der Waals surface area contributed by atoms with Crippen LogP contribution in [-0.2, 0) is 22.4 Å². The predicted octanol–water partition coefficient (Wildman–Crippen LogP) is 3.72. The van der Waals surface area contributed by atoms with Crippen molar-refractivity contribution in [3.05, 3.63) is 46.5 Å². The summed E-state index contributed by atoms with van der Waals surface area (Å²) < 4.78 is 0. The lowest BCUT2D eigenvalue weighted by Gasteiger charge is -2.32. The van der Waals surface area contributed by atoms with Gasteiger partial charge in [-0.05, 0) is 30.2 Å². The number of aromatic nitrogens is 1. The number of benzene rings is 1. The van der Waals surface area contributed by atoms with Crippen LogP contribution in [0.1, 0.15) is 54.0 Å². The molecule has 30 heavy (non-hydrogen) atoms. The van der Waals surface area contributed by atoms with Crippen LogP contribution in [0.4, 0.5) is 5.13 Å². The van der Waals surface area contributed by atoms with E-state index in [9.17, 15) is 14.4 Å². The Bertz CT molecular complexity index is 967. The highest BCUT2D eigenvalue weighted by Gasteiger charge is 2.35. The van der Waals surface area contributed by atoms with Gasteiger partial charge in [0.2, 0.25) is 11.8 Å². The number of carbonyl (C=O) groups is 3. The Morgan fingerprint density at radius 3 is 2.77 bits per heavy atom. The maximum atomic E-state index is 12.8. The third-order valence-corrected chi connectivity index (χ3v) is 6.86. The minimum absolute atomic E-state index is 0.0521. The summed E-state index contributed by atoms with van der Waals surface area (Å²) in [6, 6.07) is 9.67. The number of hydrogen-bond acceptors (Lipinski definition) is 5. The average molecular weight is 426 g/mol. The highest BCUT2D eigenvalue weighted by molar-refractivity contribution is 7.17. The molecule has 2 aliphatic rings. The second-order valence-electron chi connectivity index (χ2n) is 9.07. The molecule has 4 rings (SSSR count). The first kappa shape index (κ1) is 20.7. The first-order valence-electron chi connectivity index (χ1n) is 10.5. The fourth-order valence-corrected chi connectivity index (χ4v) is 5.20. The lowest BCUT2D eigenvalue weighted by molar-refractivity contribution is -0.133. The normalized spacial score (nSPS) is 20.5. The molecule has 2 aromatic rings. The number of thiazole rings is 1. The number of amides is 2. The van der Waals surface area contributed by atoms with Gasteiger partial charge >= 0.3 is 0 Å². The first-order valence-corrected chi connectivity index (χ1v) is 11.3. The van der Waals surface area contributed by atoms with E-state index in [-0.39, 0.29) is 28.9 Å². The summed E-state index contributed by atoms with van der Waals surface area (Å²) in [6.45, 7) is 5.24. The molecule has 1 saturated heterocycles. The number of ketones is 1. The average Bonchev–Trinajstić information content (AvgIpc) is 3.10. The number of Topliss-reactive ketones (excluding diaryl/α,β-unsaturated/α-hetero) is 1. The van der Waals surface area contributed by atoms with Crippen molar-refractivity contribution in [3.63, 3.8) is 0 Å². The fourth-order valence-electron chi connectivity index (χ4n) is 4.28. The summed E-state index contributed by atoms with van der Waals surface area (Å²) in [5.74, 6) is -0.220. The van der Waals surface area contributed by atoms with Crippen LogP contribution in [0.3, 0.4) is 0 Å². The van der Waals surface area contributed by atoms with E-state index in [0.29, 0.717) is 35.9 Å². The van der Waals surface area contributed by atoms with Crippen molar-refractivity contribution in [2.24, 2.45) is 11.3 Å². The quantitative estimate of drug-likeness (QED) is 0.810.